The number of aryl methyl sites for hydroxylation is 1. The van der Waals surface area contributed by atoms with E-state index in [9.17, 15) is 9.59 Å². The Hall–Kier alpha value is -3.09. The van der Waals surface area contributed by atoms with Gasteiger partial charge in [0, 0.05) is 23.1 Å². The summed E-state index contributed by atoms with van der Waals surface area (Å²) in [6.07, 6.45) is 1.99. The maximum Gasteiger partial charge on any atom is 0.311 e. The van der Waals surface area contributed by atoms with Gasteiger partial charge < -0.3 is 14.0 Å². The van der Waals surface area contributed by atoms with Crippen molar-refractivity contribution in [2.24, 2.45) is 0 Å². The molecule has 0 bridgehead atoms. The Kier molecular flexibility index (Phi) is 5.61. The lowest BCUT2D eigenvalue weighted by molar-refractivity contribution is -0.134. The summed E-state index contributed by atoms with van der Waals surface area (Å²) < 4.78 is 16.2. The molecule has 152 valence electrons. The monoisotopic (exact) mass is 443 g/mol. The van der Waals surface area contributed by atoms with Gasteiger partial charge in [-0.2, -0.15) is 0 Å². The Morgan fingerprint density at radius 2 is 2.00 bits per heavy atom. The molecule has 0 spiro atoms. The minimum absolute atomic E-state index is 0.0828. The molecule has 0 saturated carbocycles. The number of hydrogen-bond acceptors (Lipinski definition) is 6. The molecular formula is C22H15Cl2NO5. The van der Waals surface area contributed by atoms with E-state index in [1.165, 1.54) is 0 Å². The molecule has 30 heavy (non-hydrogen) atoms. The van der Waals surface area contributed by atoms with Gasteiger partial charge in [-0.1, -0.05) is 46.6 Å². The number of halogens is 2. The van der Waals surface area contributed by atoms with Crippen LogP contribution in [0.3, 0.4) is 0 Å². The van der Waals surface area contributed by atoms with E-state index in [0.717, 1.165) is 0 Å². The third-order valence-corrected chi connectivity index (χ3v) is 5.08. The second-order valence-electron chi connectivity index (χ2n) is 6.62. The predicted octanol–water partition coefficient (Wildman–Crippen LogP) is 5.44. The molecule has 0 radical (unpaired) electrons. The molecule has 8 heteroatoms. The summed E-state index contributed by atoms with van der Waals surface area (Å²) in [4.78, 5) is 24.9. The third-order valence-electron chi connectivity index (χ3n) is 4.56. The average Bonchev–Trinajstić information content (AvgIpc) is 3.28. The maximum absolute atomic E-state index is 12.7. The van der Waals surface area contributed by atoms with Crippen LogP contribution in [0.2, 0.25) is 10.2 Å². The summed E-state index contributed by atoms with van der Waals surface area (Å²) in [6, 6.07) is 11.8. The number of hydrogen-bond donors (Lipinski definition) is 0. The fraction of sp³-hybridized carbons (Fsp3) is 0.136. The van der Waals surface area contributed by atoms with E-state index in [0.29, 0.717) is 45.4 Å². The number of allylic oxidation sites excluding steroid dienone is 1. The summed E-state index contributed by atoms with van der Waals surface area (Å²) in [7, 11) is 0. The summed E-state index contributed by atoms with van der Waals surface area (Å²) in [5.74, 6) is 0.624. The van der Waals surface area contributed by atoms with E-state index in [1.54, 1.807) is 49.4 Å². The Balaban J connectivity index is 1.50. The smallest absolute Gasteiger partial charge is 0.311 e. The van der Waals surface area contributed by atoms with Gasteiger partial charge in [0.2, 0.25) is 5.78 Å². The quantitative estimate of drug-likeness (QED) is 0.296. The molecule has 4 rings (SSSR count). The number of rotatable bonds is 5. The van der Waals surface area contributed by atoms with Gasteiger partial charge in [0.05, 0.1) is 12.0 Å². The highest BCUT2D eigenvalue weighted by Crippen LogP contribution is 2.39. The highest BCUT2D eigenvalue weighted by Gasteiger charge is 2.30. The highest BCUT2D eigenvalue weighted by atomic mass is 35.5. The number of Topliss-reactive ketones (excluding diaryl/α,β-unsaturated/α-hetero) is 1. The van der Waals surface area contributed by atoms with E-state index in [1.807, 2.05) is 6.07 Å². The number of ketones is 1. The molecule has 1 aromatic heterocycles. The Bertz CT molecular complexity index is 1180. The molecule has 0 atom stereocenters. The first-order valence-electron chi connectivity index (χ1n) is 9.06. The number of esters is 1. The molecule has 2 aromatic carbocycles. The number of aromatic nitrogens is 1. The van der Waals surface area contributed by atoms with E-state index < -0.39 is 5.97 Å². The van der Waals surface area contributed by atoms with Gasteiger partial charge >= 0.3 is 5.97 Å². The minimum Gasteiger partial charge on any atom is -0.452 e. The maximum atomic E-state index is 12.7. The standard InChI is InChI=1S/C22H15Cl2NO5/c1-12-17(28-20(26)9-6-14-11-19(24)25-30-14)8-7-15-21(27)18(29-22(12)15)10-13-4-2-3-5-16(13)23/h2-5,7-8,10-11H,6,9H2,1H3/b18-10-. The van der Waals surface area contributed by atoms with E-state index in [4.69, 9.17) is 37.2 Å². The third kappa shape index (κ3) is 4.10. The van der Waals surface area contributed by atoms with E-state index >= 15 is 0 Å². The van der Waals surface area contributed by atoms with Crippen LogP contribution in [-0.4, -0.2) is 16.9 Å². The Morgan fingerprint density at radius 3 is 2.73 bits per heavy atom. The van der Waals surface area contributed by atoms with Crippen LogP contribution >= 0.6 is 23.2 Å². The molecule has 2 heterocycles. The van der Waals surface area contributed by atoms with Crippen LogP contribution in [0.25, 0.3) is 6.08 Å². The molecule has 0 amide bonds. The topological polar surface area (TPSA) is 78.6 Å². The highest BCUT2D eigenvalue weighted by molar-refractivity contribution is 6.32. The number of fused-ring (bicyclic) bond motifs is 1. The molecule has 0 saturated heterocycles. The number of nitrogens with zero attached hydrogens (tertiary/aromatic N) is 1. The molecule has 0 N–H and O–H groups in total. The lowest BCUT2D eigenvalue weighted by Crippen LogP contribution is -2.10. The zero-order valence-corrected chi connectivity index (χ0v) is 17.3. The lowest BCUT2D eigenvalue weighted by atomic mass is 10.1. The van der Waals surface area contributed by atoms with Crippen LogP contribution < -0.4 is 9.47 Å². The van der Waals surface area contributed by atoms with Crippen molar-refractivity contribution in [3.8, 4) is 11.5 Å². The van der Waals surface area contributed by atoms with Crippen LogP contribution in [0.1, 0.15) is 33.7 Å². The van der Waals surface area contributed by atoms with Gasteiger partial charge in [-0.05, 0) is 36.8 Å². The van der Waals surface area contributed by atoms with Gasteiger partial charge in [0.25, 0.3) is 0 Å². The molecule has 1 aliphatic rings. The first kappa shape index (κ1) is 20.2. The predicted molar refractivity (Wildman–Crippen MR) is 111 cm³/mol. The number of carbonyl (C=O) groups is 2. The largest absolute Gasteiger partial charge is 0.452 e. The first-order chi connectivity index (χ1) is 14.4. The van der Waals surface area contributed by atoms with Crippen molar-refractivity contribution in [2.45, 2.75) is 19.8 Å². The summed E-state index contributed by atoms with van der Waals surface area (Å²) in [5.41, 5.74) is 1.63. The second-order valence-corrected chi connectivity index (χ2v) is 7.41. The molecule has 6 nitrogen and oxygen atoms in total. The molecular weight excluding hydrogens is 429 g/mol. The summed E-state index contributed by atoms with van der Waals surface area (Å²) >= 11 is 11.9. The fourth-order valence-electron chi connectivity index (χ4n) is 3.02. The van der Waals surface area contributed by atoms with Crippen LogP contribution in [0.15, 0.2) is 52.7 Å². The van der Waals surface area contributed by atoms with E-state index in [-0.39, 0.29) is 23.1 Å². The van der Waals surface area contributed by atoms with Crippen molar-refractivity contribution in [2.75, 3.05) is 0 Å². The van der Waals surface area contributed by atoms with Crippen LogP contribution in [-0.2, 0) is 11.2 Å². The molecule has 0 aliphatic carbocycles. The fourth-order valence-corrected chi connectivity index (χ4v) is 3.36. The van der Waals surface area contributed by atoms with Gasteiger partial charge in [0.15, 0.2) is 10.9 Å². The van der Waals surface area contributed by atoms with Crippen molar-refractivity contribution in [1.29, 1.82) is 0 Å². The van der Waals surface area contributed by atoms with Gasteiger partial charge in [-0.3, -0.25) is 9.59 Å². The first-order valence-corrected chi connectivity index (χ1v) is 9.82. The van der Waals surface area contributed by atoms with Crippen molar-refractivity contribution in [1.82, 2.24) is 5.16 Å². The number of carbonyl (C=O) groups excluding carboxylic acids is 2. The number of ether oxygens (including phenoxy) is 2. The van der Waals surface area contributed by atoms with Crippen LogP contribution in [0.5, 0.6) is 11.5 Å². The van der Waals surface area contributed by atoms with Gasteiger partial charge in [0.1, 0.15) is 17.3 Å². The zero-order valence-electron chi connectivity index (χ0n) is 15.8. The van der Waals surface area contributed by atoms with Crippen molar-refractivity contribution in [3.05, 3.63) is 80.9 Å². The van der Waals surface area contributed by atoms with Gasteiger partial charge in [-0.25, -0.2) is 0 Å². The minimum atomic E-state index is -0.457. The van der Waals surface area contributed by atoms with Crippen molar-refractivity contribution >= 4 is 41.0 Å². The Morgan fingerprint density at radius 1 is 1.20 bits per heavy atom. The number of benzene rings is 2. The SMILES string of the molecule is Cc1c(OC(=O)CCc2cc(Cl)no2)ccc2c1O/C(=C\c1ccccc1Cl)C2=O. The van der Waals surface area contributed by atoms with Gasteiger partial charge in [-0.15, -0.1) is 0 Å². The van der Waals surface area contributed by atoms with Crippen molar-refractivity contribution < 1.29 is 23.6 Å². The summed E-state index contributed by atoms with van der Waals surface area (Å²) in [5, 5.41) is 4.30. The normalized spacial score (nSPS) is 14.0. The van der Waals surface area contributed by atoms with E-state index in [2.05, 4.69) is 5.16 Å². The molecule has 0 unspecified atom stereocenters. The Labute approximate surface area is 182 Å². The summed E-state index contributed by atoms with van der Waals surface area (Å²) in [6.45, 7) is 1.73. The average molecular weight is 444 g/mol. The molecule has 0 fully saturated rings. The molecule has 3 aromatic rings. The lowest BCUT2D eigenvalue weighted by Gasteiger charge is -2.09. The van der Waals surface area contributed by atoms with Crippen LogP contribution in [0.4, 0.5) is 0 Å². The second kappa shape index (κ2) is 8.34. The van der Waals surface area contributed by atoms with Crippen molar-refractivity contribution in [3.63, 3.8) is 0 Å². The molecule has 1 aliphatic heterocycles. The zero-order chi connectivity index (χ0) is 21.3. The van der Waals surface area contributed by atoms with Crippen LogP contribution in [0, 0.1) is 6.92 Å².